The Hall–Kier alpha value is -2.10. The quantitative estimate of drug-likeness (QED) is 0.674. The number of ketones is 1. The molecule has 1 saturated heterocycles. The summed E-state index contributed by atoms with van der Waals surface area (Å²) in [5.74, 6) is -0.804. The standard InChI is InChI=1S/C19H24N2O2/c1-19(2)13-14-8-4-5-9-15(14)16(20-19)12-17(22)18(23)21-10-6-3-7-11-21/h4-5,8-9,12,20H,3,6-7,10-11,13H2,1-2H3/b16-12-. The summed E-state index contributed by atoms with van der Waals surface area (Å²) >= 11 is 0. The van der Waals surface area contributed by atoms with Crippen LogP contribution < -0.4 is 5.32 Å². The van der Waals surface area contributed by atoms with Crippen molar-refractivity contribution in [2.24, 2.45) is 0 Å². The highest BCUT2D eigenvalue weighted by Crippen LogP contribution is 2.29. The van der Waals surface area contributed by atoms with Gasteiger partial charge in [-0.25, -0.2) is 0 Å². The molecule has 23 heavy (non-hydrogen) atoms. The fourth-order valence-electron chi connectivity index (χ4n) is 3.45. The molecule has 2 heterocycles. The van der Waals surface area contributed by atoms with Crippen LogP contribution in [-0.4, -0.2) is 35.2 Å². The van der Waals surface area contributed by atoms with Crippen LogP contribution in [0.1, 0.15) is 44.2 Å². The molecule has 0 radical (unpaired) electrons. The molecule has 0 bridgehead atoms. The van der Waals surface area contributed by atoms with Crippen molar-refractivity contribution in [3.63, 3.8) is 0 Å². The smallest absolute Gasteiger partial charge is 0.294 e. The average Bonchev–Trinajstić information content (AvgIpc) is 2.54. The Kier molecular flexibility index (Phi) is 4.24. The Morgan fingerprint density at radius 2 is 1.83 bits per heavy atom. The topological polar surface area (TPSA) is 49.4 Å². The van der Waals surface area contributed by atoms with Gasteiger partial charge in [-0.2, -0.15) is 0 Å². The van der Waals surface area contributed by atoms with Crippen molar-refractivity contribution in [3.05, 3.63) is 41.5 Å². The number of nitrogens with zero attached hydrogens (tertiary/aromatic N) is 1. The third-order valence-corrected chi connectivity index (χ3v) is 4.54. The minimum atomic E-state index is -0.429. The van der Waals surface area contributed by atoms with Gasteiger partial charge in [-0.15, -0.1) is 0 Å². The molecule has 1 amide bonds. The van der Waals surface area contributed by atoms with Gasteiger partial charge in [0.25, 0.3) is 5.91 Å². The van der Waals surface area contributed by atoms with Gasteiger partial charge in [0.1, 0.15) is 0 Å². The van der Waals surface area contributed by atoms with Crippen molar-refractivity contribution in [2.45, 2.75) is 45.1 Å². The number of hydrogen-bond acceptors (Lipinski definition) is 3. The number of rotatable bonds is 2. The van der Waals surface area contributed by atoms with Gasteiger partial charge in [0.2, 0.25) is 5.78 Å². The van der Waals surface area contributed by atoms with Crippen LogP contribution in [0.3, 0.4) is 0 Å². The van der Waals surface area contributed by atoms with Crippen molar-refractivity contribution in [2.75, 3.05) is 13.1 Å². The van der Waals surface area contributed by atoms with E-state index in [0.717, 1.165) is 36.9 Å². The first-order valence-corrected chi connectivity index (χ1v) is 8.38. The molecule has 4 heteroatoms. The fourth-order valence-corrected chi connectivity index (χ4v) is 3.45. The summed E-state index contributed by atoms with van der Waals surface area (Å²) in [6, 6.07) is 8.06. The lowest BCUT2D eigenvalue weighted by molar-refractivity contribution is -0.142. The molecule has 3 rings (SSSR count). The SMILES string of the molecule is CC1(C)Cc2ccccc2/C(=C/C(=O)C(=O)N2CCCCC2)N1. The maximum absolute atomic E-state index is 12.4. The van der Waals surface area contributed by atoms with E-state index in [1.807, 2.05) is 18.2 Å². The molecule has 122 valence electrons. The molecule has 0 aliphatic carbocycles. The number of carbonyl (C=O) groups excluding carboxylic acids is 2. The van der Waals surface area contributed by atoms with E-state index in [1.165, 1.54) is 11.6 Å². The maximum atomic E-state index is 12.4. The van der Waals surface area contributed by atoms with Crippen LogP contribution in [0, 0.1) is 0 Å². The number of benzene rings is 1. The minimum absolute atomic E-state index is 0.130. The Labute approximate surface area is 137 Å². The van der Waals surface area contributed by atoms with Crippen molar-refractivity contribution >= 4 is 17.4 Å². The molecule has 1 fully saturated rings. The highest BCUT2D eigenvalue weighted by Gasteiger charge is 2.29. The molecule has 2 aliphatic heterocycles. The summed E-state index contributed by atoms with van der Waals surface area (Å²) in [5.41, 5.74) is 2.86. The summed E-state index contributed by atoms with van der Waals surface area (Å²) in [4.78, 5) is 26.5. The van der Waals surface area contributed by atoms with E-state index in [0.29, 0.717) is 13.1 Å². The van der Waals surface area contributed by atoms with Crippen molar-refractivity contribution in [3.8, 4) is 0 Å². The summed E-state index contributed by atoms with van der Waals surface area (Å²) < 4.78 is 0. The molecule has 0 unspecified atom stereocenters. The number of likely N-dealkylation sites (tertiary alicyclic amines) is 1. The Balaban J connectivity index is 1.86. The van der Waals surface area contributed by atoms with Crippen molar-refractivity contribution in [1.29, 1.82) is 0 Å². The molecular weight excluding hydrogens is 288 g/mol. The van der Waals surface area contributed by atoms with Crippen LogP contribution in [0.25, 0.3) is 5.70 Å². The average molecular weight is 312 g/mol. The van der Waals surface area contributed by atoms with Crippen molar-refractivity contribution in [1.82, 2.24) is 10.2 Å². The highest BCUT2D eigenvalue weighted by atomic mass is 16.2. The van der Waals surface area contributed by atoms with Gasteiger partial charge < -0.3 is 10.2 Å². The molecule has 0 atom stereocenters. The molecule has 0 aromatic heterocycles. The van der Waals surface area contributed by atoms with Gasteiger partial charge in [-0.3, -0.25) is 9.59 Å². The monoisotopic (exact) mass is 312 g/mol. The van der Waals surface area contributed by atoms with Crippen LogP contribution in [0.4, 0.5) is 0 Å². The van der Waals surface area contributed by atoms with Gasteiger partial charge >= 0.3 is 0 Å². The first-order chi connectivity index (χ1) is 11.0. The van der Waals surface area contributed by atoms with Gasteiger partial charge in [0.15, 0.2) is 0 Å². The third-order valence-electron chi connectivity index (χ3n) is 4.54. The van der Waals surface area contributed by atoms with Crippen LogP contribution in [0.15, 0.2) is 30.3 Å². The van der Waals surface area contributed by atoms with E-state index in [-0.39, 0.29) is 11.4 Å². The second kappa shape index (κ2) is 6.19. The molecular formula is C19H24N2O2. The van der Waals surface area contributed by atoms with Crippen molar-refractivity contribution < 1.29 is 9.59 Å². The van der Waals surface area contributed by atoms with Gasteiger partial charge in [0.05, 0.1) is 0 Å². The van der Waals surface area contributed by atoms with E-state index in [4.69, 9.17) is 0 Å². The fraction of sp³-hybridized carbons (Fsp3) is 0.474. The number of nitrogens with one attached hydrogen (secondary N) is 1. The first kappa shape index (κ1) is 15.8. The molecule has 4 nitrogen and oxygen atoms in total. The minimum Gasteiger partial charge on any atom is -0.379 e. The Morgan fingerprint density at radius 1 is 1.13 bits per heavy atom. The zero-order chi connectivity index (χ0) is 16.4. The van der Waals surface area contributed by atoms with Crippen LogP contribution in [0.5, 0.6) is 0 Å². The Morgan fingerprint density at radius 3 is 2.57 bits per heavy atom. The normalized spacial score (nSPS) is 21.5. The summed E-state index contributed by atoms with van der Waals surface area (Å²) in [6.07, 6.45) is 5.50. The largest absolute Gasteiger partial charge is 0.379 e. The highest BCUT2D eigenvalue weighted by molar-refractivity contribution is 6.41. The molecule has 1 aromatic carbocycles. The molecule has 0 spiro atoms. The number of hydrogen-bond donors (Lipinski definition) is 1. The first-order valence-electron chi connectivity index (χ1n) is 8.38. The van der Waals surface area contributed by atoms with Gasteiger partial charge in [0, 0.05) is 36.0 Å². The van der Waals surface area contributed by atoms with E-state index < -0.39 is 5.78 Å². The molecule has 1 N–H and O–H groups in total. The third kappa shape index (κ3) is 3.46. The van der Waals surface area contributed by atoms with E-state index in [1.54, 1.807) is 4.90 Å². The second-order valence-corrected chi connectivity index (χ2v) is 7.12. The lowest BCUT2D eigenvalue weighted by atomic mass is 9.85. The zero-order valence-corrected chi connectivity index (χ0v) is 13.9. The second-order valence-electron chi connectivity index (χ2n) is 7.12. The van der Waals surface area contributed by atoms with E-state index in [2.05, 4.69) is 25.2 Å². The summed E-state index contributed by atoms with van der Waals surface area (Å²) in [5, 5.41) is 3.41. The van der Waals surface area contributed by atoms with Crippen LogP contribution in [-0.2, 0) is 16.0 Å². The van der Waals surface area contributed by atoms with Crippen LogP contribution in [0.2, 0.25) is 0 Å². The molecule has 1 aromatic rings. The lowest BCUT2D eigenvalue weighted by Gasteiger charge is -2.35. The zero-order valence-electron chi connectivity index (χ0n) is 13.9. The summed E-state index contributed by atoms with van der Waals surface area (Å²) in [6.45, 7) is 5.61. The molecule has 2 aliphatic rings. The Bertz CT molecular complexity index is 655. The predicted octanol–water partition coefficient (Wildman–Crippen LogP) is 2.53. The maximum Gasteiger partial charge on any atom is 0.294 e. The van der Waals surface area contributed by atoms with Gasteiger partial charge in [-0.1, -0.05) is 24.3 Å². The number of piperidine rings is 1. The van der Waals surface area contributed by atoms with E-state index >= 15 is 0 Å². The number of fused-ring (bicyclic) bond motifs is 1. The lowest BCUT2D eigenvalue weighted by Crippen LogP contribution is -2.44. The number of amides is 1. The predicted molar refractivity (Wildman–Crippen MR) is 90.8 cm³/mol. The van der Waals surface area contributed by atoms with Gasteiger partial charge in [-0.05, 0) is 45.1 Å². The molecule has 0 saturated carbocycles. The van der Waals surface area contributed by atoms with Crippen LogP contribution >= 0.6 is 0 Å². The summed E-state index contributed by atoms with van der Waals surface area (Å²) in [7, 11) is 0. The number of carbonyl (C=O) groups is 2. The van der Waals surface area contributed by atoms with E-state index in [9.17, 15) is 9.59 Å².